The number of sulfone groups is 1. The zero-order valence-electron chi connectivity index (χ0n) is 12.4. The number of halogens is 3. The van der Waals surface area contributed by atoms with Gasteiger partial charge in [0.05, 0.1) is 10.5 Å². The van der Waals surface area contributed by atoms with Gasteiger partial charge in [0.1, 0.15) is 5.75 Å². The molecule has 0 aliphatic heterocycles. The van der Waals surface area contributed by atoms with E-state index in [2.05, 4.69) is 9.99 Å². The lowest BCUT2D eigenvalue weighted by molar-refractivity contribution is 0.0515. The molecule has 0 aromatic heterocycles. The van der Waals surface area contributed by atoms with Gasteiger partial charge in [-0.15, -0.1) is 0 Å². The van der Waals surface area contributed by atoms with Gasteiger partial charge in [-0.2, -0.15) is 0 Å². The van der Waals surface area contributed by atoms with Crippen molar-refractivity contribution in [1.82, 2.24) is 0 Å². The molecule has 10 heteroatoms. The second-order valence-corrected chi connectivity index (χ2v) is 8.13. The number of benzene rings is 2. The second-order valence-electron chi connectivity index (χ2n) is 4.83. The van der Waals surface area contributed by atoms with Gasteiger partial charge in [0.15, 0.2) is 15.7 Å². The third kappa shape index (κ3) is 5.61. The van der Waals surface area contributed by atoms with E-state index in [1.54, 1.807) is 0 Å². The Morgan fingerprint density at radius 1 is 1.00 bits per heavy atom. The normalized spacial score (nSPS) is 12.0. The van der Waals surface area contributed by atoms with Crippen LogP contribution in [0.5, 0.6) is 0 Å². The highest BCUT2D eigenvalue weighted by Crippen LogP contribution is 2.20. The summed E-state index contributed by atoms with van der Waals surface area (Å²) in [5, 5.41) is 4.21. The number of hydrogen-bond donors (Lipinski definition) is 1. The van der Waals surface area contributed by atoms with Crippen LogP contribution >= 0.6 is 34.8 Å². The quantitative estimate of drug-likeness (QED) is 0.344. The van der Waals surface area contributed by atoms with Gasteiger partial charge in [-0.1, -0.05) is 40.0 Å². The molecule has 0 bridgehead atoms. The molecule has 0 radical (unpaired) electrons. The van der Waals surface area contributed by atoms with Crippen molar-refractivity contribution in [1.29, 1.82) is 0 Å². The maximum Gasteiger partial charge on any atom is 0.365 e. The molecule has 0 saturated carbocycles. The molecular weight excluding hydrogens is 411 g/mol. The summed E-state index contributed by atoms with van der Waals surface area (Å²) in [6.45, 7) is 0. The number of carbonyl (C=O) groups is 1. The van der Waals surface area contributed by atoms with E-state index >= 15 is 0 Å². The van der Waals surface area contributed by atoms with E-state index in [9.17, 15) is 13.2 Å². The predicted octanol–water partition coefficient (Wildman–Crippen LogP) is 3.55. The third-order valence-corrected chi connectivity index (χ3v) is 5.21. The summed E-state index contributed by atoms with van der Waals surface area (Å²) in [4.78, 5) is 16.5. The van der Waals surface area contributed by atoms with Crippen molar-refractivity contribution in [2.45, 2.75) is 4.90 Å². The van der Waals surface area contributed by atoms with Crippen LogP contribution in [0.4, 0.5) is 0 Å². The fraction of sp³-hybridized carbons (Fsp3) is 0.0667. The highest BCUT2D eigenvalue weighted by molar-refractivity contribution is 7.92. The van der Waals surface area contributed by atoms with Crippen LogP contribution in [-0.4, -0.2) is 26.0 Å². The maximum absolute atomic E-state index is 12.2. The highest BCUT2D eigenvalue weighted by atomic mass is 35.5. The molecule has 0 heterocycles. The Morgan fingerprint density at radius 3 is 2.12 bits per heavy atom. The minimum atomic E-state index is -3.75. The van der Waals surface area contributed by atoms with Crippen LogP contribution < -0.4 is 5.73 Å². The number of nitrogens with two attached hydrogens (primary N) is 1. The van der Waals surface area contributed by atoms with Crippen molar-refractivity contribution in [2.24, 2.45) is 10.9 Å². The number of hydrogen-bond acceptors (Lipinski definition) is 5. The van der Waals surface area contributed by atoms with Crippen molar-refractivity contribution in [3.63, 3.8) is 0 Å². The molecule has 2 aromatic rings. The number of carbonyl (C=O) groups excluding carboxylic acids is 1. The molecular formula is C15H11Cl3N2O4S. The van der Waals surface area contributed by atoms with Gasteiger partial charge < -0.3 is 10.6 Å². The van der Waals surface area contributed by atoms with Crippen molar-refractivity contribution < 1.29 is 18.0 Å². The van der Waals surface area contributed by atoms with Crippen LogP contribution in [0.25, 0.3) is 0 Å². The Labute approximate surface area is 159 Å². The van der Waals surface area contributed by atoms with Crippen LogP contribution in [0.15, 0.2) is 52.5 Å². The van der Waals surface area contributed by atoms with Crippen LogP contribution in [0.1, 0.15) is 10.4 Å². The van der Waals surface area contributed by atoms with Crippen molar-refractivity contribution in [3.8, 4) is 0 Å². The lowest BCUT2D eigenvalue weighted by Gasteiger charge is -2.04. The zero-order chi connectivity index (χ0) is 18.6. The number of amidine groups is 1. The molecule has 0 saturated heterocycles. The van der Waals surface area contributed by atoms with Gasteiger partial charge in [0.25, 0.3) is 0 Å². The molecule has 2 N–H and O–H groups in total. The summed E-state index contributed by atoms with van der Waals surface area (Å²) in [6, 6.07) is 9.64. The largest absolute Gasteiger partial charge is 0.384 e. The molecule has 0 spiro atoms. The van der Waals surface area contributed by atoms with Crippen molar-refractivity contribution >= 4 is 56.4 Å². The van der Waals surface area contributed by atoms with Gasteiger partial charge in [-0.05, 0) is 42.5 Å². The summed E-state index contributed by atoms with van der Waals surface area (Å²) >= 11 is 17.3. The molecule has 0 atom stereocenters. The molecule has 6 nitrogen and oxygen atoms in total. The number of nitrogens with zero attached hydrogens (tertiary/aromatic N) is 1. The first-order chi connectivity index (χ1) is 11.7. The Balaban J connectivity index is 2.08. The molecule has 0 aliphatic carbocycles. The van der Waals surface area contributed by atoms with Crippen LogP contribution in [0.2, 0.25) is 15.1 Å². The first kappa shape index (κ1) is 19.5. The minimum Gasteiger partial charge on any atom is -0.384 e. The van der Waals surface area contributed by atoms with Gasteiger partial charge >= 0.3 is 5.97 Å². The SMILES string of the molecule is N/C(CS(=O)(=O)c1ccc(Cl)cc1)=N/OC(=O)c1cc(Cl)cc(Cl)c1. The smallest absolute Gasteiger partial charge is 0.365 e. The topological polar surface area (TPSA) is 98.8 Å². The van der Waals surface area contributed by atoms with Gasteiger partial charge in [0.2, 0.25) is 0 Å². The average Bonchev–Trinajstić information content (AvgIpc) is 2.51. The van der Waals surface area contributed by atoms with Crippen molar-refractivity contribution in [2.75, 3.05) is 5.75 Å². The minimum absolute atomic E-state index is 0.0167. The number of oxime groups is 1. The summed E-state index contributed by atoms with van der Waals surface area (Å²) in [6.07, 6.45) is 0. The van der Waals surface area contributed by atoms with Crippen LogP contribution in [0, 0.1) is 0 Å². The van der Waals surface area contributed by atoms with Crippen LogP contribution in [-0.2, 0) is 14.7 Å². The molecule has 2 aromatic carbocycles. The van der Waals surface area contributed by atoms with E-state index in [4.69, 9.17) is 40.5 Å². The molecule has 0 aliphatic rings. The first-order valence-corrected chi connectivity index (χ1v) is 9.44. The predicted molar refractivity (Wildman–Crippen MR) is 97.0 cm³/mol. The summed E-state index contributed by atoms with van der Waals surface area (Å²) < 4.78 is 24.4. The fourth-order valence-corrected chi connectivity index (χ4v) is 3.58. The van der Waals surface area contributed by atoms with Gasteiger partial charge in [-0.25, -0.2) is 13.2 Å². The lowest BCUT2D eigenvalue weighted by Crippen LogP contribution is -2.24. The van der Waals surface area contributed by atoms with E-state index in [1.807, 2.05) is 0 Å². The molecule has 0 unspecified atom stereocenters. The maximum atomic E-state index is 12.2. The molecule has 2 rings (SSSR count). The molecule has 25 heavy (non-hydrogen) atoms. The van der Waals surface area contributed by atoms with Crippen molar-refractivity contribution in [3.05, 3.63) is 63.1 Å². The average molecular weight is 422 g/mol. The first-order valence-electron chi connectivity index (χ1n) is 6.65. The van der Waals surface area contributed by atoms with E-state index in [0.717, 1.165) is 0 Å². The summed E-state index contributed by atoms with van der Waals surface area (Å²) in [5.74, 6) is -1.90. The molecule has 132 valence electrons. The van der Waals surface area contributed by atoms with E-state index < -0.39 is 27.4 Å². The standard InChI is InChI=1S/C15H11Cl3N2O4S/c16-10-1-3-13(4-2-10)25(22,23)8-14(19)20-24-15(21)9-5-11(17)7-12(18)6-9/h1-7H,8H2,(H2,19,20). The molecule has 0 fully saturated rings. The Hall–Kier alpha value is -1.80. The summed E-state index contributed by atoms with van der Waals surface area (Å²) in [5.41, 5.74) is 5.58. The Kier molecular flexibility index (Phi) is 6.29. The van der Waals surface area contributed by atoms with E-state index in [0.29, 0.717) is 5.02 Å². The van der Waals surface area contributed by atoms with E-state index in [1.165, 1.54) is 42.5 Å². The van der Waals surface area contributed by atoms with Crippen LogP contribution in [0.3, 0.4) is 0 Å². The lowest BCUT2D eigenvalue weighted by atomic mass is 10.2. The Morgan fingerprint density at radius 2 is 1.56 bits per heavy atom. The highest BCUT2D eigenvalue weighted by Gasteiger charge is 2.17. The fourth-order valence-electron chi connectivity index (χ4n) is 1.77. The third-order valence-electron chi connectivity index (χ3n) is 2.85. The monoisotopic (exact) mass is 420 g/mol. The van der Waals surface area contributed by atoms with Gasteiger partial charge in [0, 0.05) is 15.1 Å². The van der Waals surface area contributed by atoms with Gasteiger partial charge in [-0.3, -0.25) is 0 Å². The summed E-state index contributed by atoms with van der Waals surface area (Å²) in [7, 11) is -3.75. The van der Waals surface area contributed by atoms with E-state index in [-0.39, 0.29) is 20.5 Å². The molecule has 0 amide bonds. The number of rotatable bonds is 5. The Bertz CT molecular complexity index is 908. The second kappa shape index (κ2) is 8.05. The zero-order valence-corrected chi connectivity index (χ0v) is 15.5.